The highest BCUT2D eigenvalue weighted by atomic mass is 16.3. The third-order valence-corrected chi connectivity index (χ3v) is 2.77. The molecule has 0 aliphatic heterocycles. The fourth-order valence-electron chi connectivity index (χ4n) is 1.78. The van der Waals surface area contributed by atoms with Crippen LogP contribution in [0.3, 0.4) is 0 Å². The predicted octanol–water partition coefficient (Wildman–Crippen LogP) is 2.19. The van der Waals surface area contributed by atoms with E-state index in [0.29, 0.717) is 11.4 Å². The molecule has 2 aromatic rings. The fraction of sp³-hybridized carbons (Fsp3) is 0.0667. The standard InChI is InChI=1S/C15H15N3O3/c1-9(19)17-10-5-7-11(8-6-10)18-15(21)12-3-2-4-13(16)14(12)20/h2-8,20H,16H2,1H3,(H,17,19)(H,18,21). The van der Waals surface area contributed by atoms with Crippen molar-refractivity contribution in [2.24, 2.45) is 0 Å². The Hall–Kier alpha value is -3.02. The average molecular weight is 285 g/mol. The summed E-state index contributed by atoms with van der Waals surface area (Å²) in [6.45, 7) is 1.41. The first-order valence-corrected chi connectivity index (χ1v) is 6.24. The molecule has 0 atom stereocenters. The molecule has 2 amide bonds. The molecule has 0 aliphatic carbocycles. The van der Waals surface area contributed by atoms with Crippen molar-refractivity contribution in [2.75, 3.05) is 16.4 Å². The van der Waals surface area contributed by atoms with Crippen molar-refractivity contribution in [3.8, 4) is 5.75 Å². The lowest BCUT2D eigenvalue weighted by Crippen LogP contribution is -2.12. The molecule has 21 heavy (non-hydrogen) atoms. The van der Waals surface area contributed by atoms with E-state index in [9.17, 15) is 14.7 Å². The largest absolute Gasteiger partial charge is 0.505 e. The van der Waals surface area contributed by atoms with Crippen LogP contribution in [-0.2, 0) is 4.79 Å². The second-order valence-corrected chi connectivity index (χ2v) is 4.46. The molecule has 0 bridgehead atoms. The SMILES string of the molecule is CC(=O)Nc1ccc(NC(=O)c2cccc(N)c2O)cc1. The first kappa shape index (κ1) is 14.4. The van der Waals surface area contributed by atoms with Gasteiger partial charge in [0.25, 0.3) is 5.91 Å². The molecule has 0 saturated carbocycles. The van der Waals surface area contributed by atoms with Gasteiger partial charge in [-0.1, -0.05) is 6.07 Å². The van der Waals surface area contributed by atoms with Gasteiger partial charge in [-0.05, 0) is 36.4 Å². The van der Waals surface area contributed by atoms with Crippen LogP contribution in [-0.4, -0.2) is 16.9 Å². The van der Waals surface area contributed by atoms with Crippen molar-refractivity contribution in [1.82, 2.24) is 0 Å². The summed E-state index contributed by atoms with van der Waals surface area (Å²) >= 11 is 0. The molecule has 0 aromatic heterocycles. The van der Waals surface area contributed by atoms with Gasteiger partial charge in [-0.3, -0.25) is 9.59 Å². The maximum atomic E-state index is 12.1. The number of amides is 2. The van der Waals surface area contributed by atoms with Crippen LogP contribution in [0.25, 0.3) is 0 Å². The summed E-state index contributed by atoms with van der Waals surface area (Å²) in [6, 6.07) is 11.2. The highest BCUT2D eigenvalue weighted by Gasteiger charge is 2.13. The molecule has 6 nitrogen and oxygen atoms in total. The van der Waals surface area contributed by atoms with E-state index in [1.807, 2.05) is 0 Å². The van der Waals surface area contributed by atoms with Gasteiger partial charge in [-0.2, -0.15) is 0 Å². The monoisotopic (exact) mass is 285 g/mol. The quantitative estimate of drug-likeness (QED) is 0.512. The number of nitrogen functional groups attached to an aromatic ring is 1. The Kier molecular flexibility index (Phi) is 4.08. The Morgan fingerprint density at radius 3 is 2.14 bits per heavy atom. The van der Waals surface area contributed by atoms with Gasteiger partial charge in [0.05, 0.1) is 11.3 Å². The summed E-state index contributed by atoms with van der Waals surface area (Å²) in [5, 5.41) is 15.0. The molecule has 0 saturated heterocycles. The maximum absolute atomic E-state index is 12.1. The minimum atomic E-state index is -0.466. The lowest BCUT2D eigenvalue weighted by molar-refractivity contribution is -0.114. The topological polar surface area (TPSA) is 104 Å². The predicted molar refractivity (Wildman–Crippen MR) is 81.2 cm³/mol. The third kappa shape index (κ3) is 3.50. The molecule has 0 heterocycles. The second kappa shape index (κ2) is 5.96. The molecule has 0 unspecified atom stereocenters. The van der Waals surface area contributed by atoms with E-state index in [2.05, 4.69) is 10.6 Å². The molecule has 0 spiro atoms. The molecule has 2 rings (SSSR count). The number of phenolic OH excluding ortho intramolecular Hbond substituents is 1. The normalized spacial score (nSPS) is 9.95. The molecule has 0 radical (unpaired) electrons. The van der Waals surface area contributed by atoms with Crippen LogP contribution in [0.5, 0.6) is 5.75 Å². The fourth-order valence-corrected chi connectivity index (χ4v) is 1.78. The van der Waals surface area contributed by atoms with Crippen LogP contribution >= 0.6 is 0 Å². The minimum absolute atomic E-state index is 0.0981. The number of anilines is 3. The number of carbonyl (C=O) groups excluding carboxylic acids is 2. The maximum Gasteiger partial charge on any atom is 0.259 e. The van der Waals surface area contributed by atoms with Gasteiger partial charge in [0, 0.05) is 18.3 Å². The number of benzene rings is 2. The number of rotatable bonds is 3. The van der Waals surface area contributed by atoms with Crippen molar-refractivity contribution in [3.63, 3.8) is 0 Å². The number of para-hydroxylation sites is 1. The van der Waals surface area contributed by atoms with Crippen molar-refractivity contribution in [3.05, 3.63) is 48.0 Å². The molecule has 0 fully saturated rings. The molecule has 2 aromatic carbocycles. The lowest BCUT2D eigenvalue weighted by atomic mass is 10.1. The van der Waals surface area contributed by atoms with Gasteiger partial charge in [-0.15, -0.1) is 0 Å². The van der Waals surface area contributed by atoms with E-state index >= 15 is 0 Å². The smallest absolute Gasteiger partial charge is 0.259 e. The molecule has 108 valence electrons. The zero-order chi connectivity index (χ0) is 15.4. The van der Waals surface area contributed by atoms with Crippen LogP contribution in [0.1, 0.15) is 17.3 Å². The highest BCUT2D eigenvalue weighted by Crippen LogP contribution is 2.25. The number of nitrogens with two attached hydrogens (primary N) is 1. The van der Waals surface area contributed by atoms with Crippen LogP contribution < -0.4 is 16.4 Å². The molecule has 5 N–H and O–H groups in total. The van der Waals surface area contributed by atoms with Gasteiger partial charge >= 0.3 is 0 Å². The highest BCUT2D eigenvalue weighted by molar-refractivity contribution is 6.07. The van der Waals surface area contributed by atoms with Crippen molar-refractivity contribution in [2.45, 2.75) is 6.92 Å². The van der Waals surface area contributed by atoms with Gasteiger partial charge in [0.15, 0.2) is 5.75 Å². The first-order chi connectivity index (χ1) is 9.97. The zero-order valence-electron chi connectivity index (χ0n) is 11.4. The van der Waals surface area contributed by atoms with E-state index in [1.54, 1.807) is 30.3 Å². The molecule has 6 heteroatoms. The van der Waals surface area contributed by atoms with E-state index in [0.717, 1.165) is 0 Å². The summed E-state index contributed by atoms with van der Waals surface area (Å²) in [5.74, 6) is -0.881. The van der Waals surface area contributed by atoms with Gasteiger partial charge in [0.2, 0.25) is 5.91 Å². The zero-order valence-corrected chi connectivity index (χ0v) is 11.4. The lowest BCUT2D eigenvalue weighted by Gasteiger charge is -2.09. The Bertz CT molecular complexity index is 681. The van der Waals surface area contributed by atoms with Crippen LogP contribution in [0.15, 0.2) is 42.5 Å². The van der Waals surface area contributed by atoms with Crippen LogP contribution in [0.4, 0.5) is 17.1 Å². The summed E-state index contributed by atoms with van der Waals surface area (Å²) in [5.41, 5.74) is 6.96. The summed E-state index contributed by atoms with van der Waals surface area (Å²) < 4.78 is 0. The number of hydrogen-bond donors (Lipinski definition) is 4. The summed E-state index contributed by atoms with van der Waals surface area (Å²) in [7, 11) is 0. The molecular formula is C15H15N3O3. The minimum Gasteiger partial charge on any atom is -0.505 e. The number of nitrogens with one attached hydrogen (secondary N) is 2. The Morgan fingerprint density at radius 2 is 1.57 bits per heavy atom. The van der Waals surface area contributed by atoms with Crippen LogP contribution in [0, 0.1) is 0 Å². The van der Waals surface area contributed by atoms with E-state index in [4.69, 9.17) is 5.73 Å². The van der Waals surface area contributed by atoms with E-state index in [1.165, 1.54) is 19.1 Å². The van der Waals surface area contributed by atoms with Gasteiger partial charge < -0.3 is 21.5 Å². The Labute approximate surface area is 121 Å². The molecular weight excluding hydrogens is 270 g/mol. The summed E-state index contributed by atoms with van der Waals surface area (Å²) in [4.78, 5) is 23.0. The number of aromatic hydroxyl groups is 1. The van der Waals surface area contributed by atoms with Crippen LogP contribution in [0.2, 0.25) is 0 Å². The average Bonchev–Trinajstić information content (AvgIpc) is 2.43. The van der Waals surface area contributed by atoms with E-state index < -0.39 is 5.91 Å². The van der Waals surface area contributed by atoms with Crippen molar-refractivity contribution >= 4 is 28.9 Å². The second-order valence-electron chi connectivity index (χ2n) is 4.46. The third-order valence-electron chi connectivity index (χ3n) is 2.77. The van der Waals surface area contributed by atoms with Crippen molar-refractivity contribution in [1.29, 1.82) is 0 Å². The van der Waals surface area contributed by atoms with Gasteiger partial charge in [-0.25, -0.2) is 0 Å². The first-order valence-electron chi connectivity index (χ1n) is 6.24. The Balaban J connectivity index is 2.12. The Morgan fingerprint density at radius 1 is 1.00 bits per heavy atom. The number of carbonyl (C=O) groups is 2. The van der Waals surface area contributed by atoms with Crippen molar-refractivity contribution < 1.29 is 14.7 Å². The summed E-state index contributed by atoms with van der Waals surface area (Å²) in [6.07, 6.45) is 0. The van der Waals surface area contributed by atoms with E-state index in [-0.39, 0.29) is 22.9 Å². The molecule has 0 aliphatic rings. The number of phenols is 1. The van der Waals surface area contributed by atoms with Gasteiger partial charge in [0.1, 0.15) is 0 Å². The number of hydrogen-bond acceptors (Lipinski definition) is 4.